The molecule has 0 aromatic carbocycles. The van der Waals surface area contributed by atoms with Crippen molar-refractivity contribution in [3.8, 4) is 0 Å². The molecular weight excluding hydrogens is 204 g/mol. The predicted molar refractivity (Wildman–Crippen MR) is 63.9 cm³/mol. The molecule has 1 unspecified atom stereocenters. The van der Waals surface area contributed by atoms with Crippen LogP contribution in [0.2, 0.25) is 0 Å². The van der Waals surface area contributed by atoms with Gasteiger partial charge in [0.2, 0.25) is 0 Å². The highest BCUT2D eigenvalue weighted by atomic mass is 16.5. The molecule has 0 spiro atoms. The minimum atomic E-state index is 0.0178. The van der Waals surface area contributed by atoms with Gasteiger partial charge < -0.3 is 4.74 Å². The maximum absolute atomic E-state index is 10.7. The minimum Gasteiger partial charge on any atom is -0.374 e. The maximum Gasteiger partial charge on any atom is 0.132 e. The van der Waals surface area contributed by atoms with E-state index in [0.29, 0.717) is 13.0 Å². The highest BCUT2D eigenvalue weighted by molar-refractivity contribution is 5.75. The Morgan fingerprint density at radius 3 is 2.69 bits per heavy atom. The Bertz CT molecular complexity index is 296. The molecule has 0 aromatic rings. The second-order valence-electron chi connectivity index (χ2n) is 3.32. The van der Waals surface area contributed by atoms with Gasteiger partial charge in [-0.05, 0) is 13.3 Å². The lowest BCUT2D eigenvalue weighted by molar-refractivity contribution is -0.118. The Hall–Kier alpha value is -1.44. The van der Waals surface area contributed by atoms with Crippen LogP contribution in [-0.4, -0.2) is 24.4 Å². The molecule has 0 bridgehead atoms. The van der Waals surface area contributed by atoms with Gasteiger partial charge in [-0.2, -0.15) is 0 Å². The molecule has 0 rings (SSSR count). The average molecular weight is 222 g/mol. The van der Waals surface area contributed by atoms with E-state index in [1.165, 1.54) is 6.08 Å². The van der Waals surface area contributed by atoms with E-state index in [-0.39, 0.29) is 11.9 Å². The van der Waals surface area contributed by atoms with Gasteiger partial charge >= 0.3 is 0 Å². The van der Waals surface area contributed by atoms with E-state index in [1.54, 1.807) is 25.0 Å². The topological polar surface area (TPSA) is 43.4 Å². The second-order valence-corrected chi connectivity index (χ2v) is 3.32. The highest BCUT2D eigenvalue weighted by Crippen LogP contribution is 2.01. The Kier molecular flexibility index (Phi) is 9.18. The van der Waals surface area contributed by atoms with Crippen molar-refractivity contribution in [2.75, 3.05) is 6.61 Å². The van der Waals surface area contributed by atoms with Crippen LogP contribution in [-0.2, 0) is 14.3 Å². The zero-order valence-corrected chi connectivity index (χ0v) is 9.81. The fraction of sp³-hybridized carbons (Fsp3) is 0.462. The normalized spacial score (nSPS) is 12.9. The van der Waals surface area contributed by atoms with Crippen LogP contribution in [0.5, 0.6) is 0 Å². The van der Waals surface area contributed by atoms with E-state index in [2.05, 4.69) is 0 Å². The number of ether oxygens (including phenoxy) is 1. The van der Waals surface area contributed by atoms with Crippen LogP contribution in [0.25, 0.3) is 0 Å². The molecule has 88 valence electrons. The lowest BCUT2D eigenvalue weighted by atomic mass is 10.2. The molecule has 0 aliphatic rings. The molecule has 0 saturated heterocycles. The van der Waals surface area contributed by atoms with Gasteiger partial charge in [0, 0.05) is 12.5 Å². The van der Waals surface area contributed by atoms with Gasteiger partial charge in [-0.25, -0.2) is 4.79 Å². The van der Waals surface area contributed by atoms with E-state index >= 15 is 0 Å². The SMILES string of the molecule is CCC(/C=C/C=C/C=C=O)OCCC(C)=O. The maximum atomic E-state index is 10.7. The van der Waals surface area contributed by atoms with Crippen LogP contribution in [0.1, 0.15) is 26.7 Å². The molecule has 0 saturated carbocycles. The molecule has 0 amide bonds. The number of Topliss-reactive ketones (excluding diaryl/α,β-unsaturated/α-hetero) is 1. The lowest BCUT2D eigenvalue weighted by Gasteiger charge is -2.10. The summed E-state index contributed by atoms with van der Waals surface area (Å²) in [5, 5.41) is 0. The standard InChI is InChI=1S/C13H18O3/c1-3-13(16-11-9-12(2)15)8-6-4-5-7-10-14/h4-8,13H,3,9,11H2,1-2H3/b5-4+,8-6+. The third-order valence-corrected chi connectivity index (χ3v) is 1.90. The summed E-state index contributed by atoms with van der Waals surface area (Å²) in [6.45, 7) is 4.02. The van der Waals surface area contributed by atoms with Crippen molar-refractivity contribution in [1.82, 2.24) is 0 Å². The van der Waals surface area contributed by atoms with E-state index in [9.17, 15) is 9.59 Å². The molecule has 0 radical (unpaired) electrons. The van der Waals surface area contributed by atoms with Crippen LogP contribution < -0.4 is 0 Å². The summed E-state index contributed by atoms with van der Waals surface area (Å²) < 4.78 is 5.48. The summed E-state index contributed by atoms with van der Waals surface area (Å²) >= 11 is 0. The Labute approximate surface area is 96.5 Å². The van der Waals surface area contributed by atoms with E-state index in [4.69, 9.17) is 4.74 Å². The summed E-state index contributed by atoms with van der Waals surface area (Å²) in [6.07, 6.45) is 9.67. The molecule has 0 aliphatic heterocycles. The van der Waals surface area contributed by atoms with Gasteiger partial charge in [-0.15, -0.1) is 0 Å². The van der Waals surface area contributed by atoms with Crippen molar-refractivity contribution in [1.29, 1.82) is 0 Å². The highest BCUT2D eigenvalue weighted by Gasteiger charge is 2.01. The van der Waals surface area contributed by atoms with Crippen molar-refractivity contribution in [3.05, 3.63) is 30.4 Å². The number of allylic oxidation sites excluding steroid dienone is 4. The Balaban J connectivity index is 3.90. The van der Waals surface area contributed by atoms with Crippen LogP contribution in [0.4, 0.5) is 0 Å². The average Bonchev–Trinajstić information content (AvgIpc) is 2.26. The molecule has 1 atom stereocenters. The summed E-state index contributed by atoms with van der Waals surface area (Å²) in [7, 11) is 0. The molecule has 0 N–H and O–H groups in total. The number of carbonyl (C=O) groups excluding carboxylic acids is 2. The third-order valence-electron chi connectivity index (χ3n) is 1.90. The largest absolute Gasteiger partial charge is 0.374 e. The van der Waals surface area contributed by atoms with Gasteiger partial charge in [0.1, 0.15) is 11.7 Å². The third kappa shape index (κ3) is 9.13. The van der Waals surface area contributed by atoms with E-state index in [0.717, 1.165) is 6.42 Å². The Morgan fingerprint density at radius 1 is 1.38 bits per heavy atom. The molecule has 3 heteroatoms. The number of hydrogen-bond acceptors (Lipinski definition) is 3. The molecule has 0 heterocycles. The predicted octanol–water partition coefficient (Wildman–Crippen LogP) is 2.26. The molecule has 16 heavy (non-hydrogen) atoms. The van der Waals surface area contributed by atoms with Gasteiger partial charge in [-0.3, -0.25) is 4.79 Å². The van der Waals surface area contributed by atoms with E-state index < -0.39 is 0 Å². The minimum absolute atomic E-state index is 0.0178. The second kappa shape index (κ2) is 10.1. The van der Waals surface area contributed by atoms with Gasteiger partial charge in [0.05, 0.1) is 12.7 Å². The molecule has 3 nitrogen and oxygen atoms in total. The molecular formula is C13H18O3. The summed E-state index contributed by atoms with van der Waals surface area (Å²) in [6, 6.07) is 0. The fourth-order valence-corrected chi connectivity index (χ4v) is 1.01. The smallest absolute Gasteiger partial charge is 0.132 e. The van der Waals surface area contributed by atoms with Crippen LogP contribution >= 0.6 is 0 Å². The summed E-state index contributed by atoms with van der Waals surface area (Å²) in [5.74, 6) is 1.79. The number of rotatable bonds is 8. The first-order chi connectivity index (χ1) is 7.70. The first-order valence-corrected chi connectivity index (χ1v) is 5.36. The van der Waals surface area contributed by atoms with Crippen molar-refractivity contribution < 1.29 is 14.3 Å². The van der Waals surface area contributed by atoms with Gasteiger partial charge in [-0.1, -0.05) is 31.2 Å². The van der Waals surface area contributed by atoms with Crippen molar-refractivity contribution >= 4 is 11.7 Å². The van der Waals surface area contributed by atoms with Gasteiger partial charge in [0.25, 0.3) is 0 Å². The quantitative estimate of drug-likeness (QED) is 0.467. The van der Waals surface area contributed by atoms with Crippen LogP contribution in [0.3, 0.4) is 0 Å². The van der Waals surface area contributed by atoms with Crippen LogP contribution in [0, 0.1) is 0 Å². The van der Waals surface area contributed by atoms with Crippen molar-refractivity contribution in [3.63, 3.8) is 0 Å². The molecule has 0 fully saturated rings. The fourth-order valence-electron chi connectivity index (χ4n) is 1.01. The monoisotopic (exact) mass is 222 g/mol. The number of carbonyl (C=O) groups is 1. The number of hydrogen-bond donors (Lipinski definition) is 0. The zero-order chi connectivity index (χ0) is 12.2. The van der Waals surface area contributed by atoms with Crippen molar-refractivity contribution in [2.45, 2.75) is 32.8 Å². The van der Waals surface area contributed by atoms with Gasteiger partial charge in [0.15, 0.2) is 0 Å². The lowest BCUT2D eigenvalue weighted by Crippen LogP contribution is -2.11. The van der Waals surface area contributed by atoms with Crippen molar-refractivity contribution in [2.24, 2.45) is 0 Å². The summed E-state index contributed by atoms with van der Waals surface area (Å²) in [5.41, 5.74) is 0. The molecule has 0 aliphatic carbocycles. The first kappa shape index (κ1) is 14.6. The first-order valence-electron chi connectivity index (χ1n) is 5.36. The molecule has 0 aromatic heterocycles. The Morgan fingerprint density at radius 2 is 2.12 bits per heavy atom. The number of ketones is 1. The van der Waals surface area contributed by atoms with E-state index in [1.807, 2.05) is 19.1 Å². The zero-order valence-electron chi connectivity index (χ0n) is 9.81. The summed E-state index contributed by atoms with van der Waals surface area (Å²) in [4.78, 5) is 20.5. The van der Waals surface area contributed by atoms with Crippen LogP contribution in [0.15, 0.2) is 30.4 Å².